The van der Waals surface area contributed by atoms with E-state index in [1.54, 1.807) is 24.3 Å². The normalized spacial score (nSPS) is 10.8. The van der Waals surface area contributed by atoms with Crippen LogP contribution in [0.5, 0.6) is 5.75 Å². The molecule has 0 aromatic heterocycles. The number of carbonyl (C=O) groups is 2. The summed E-state index contributed by atoms with van der Waals surface area (Å²) in [6.07, 6.45) is 10.3. The molecule has 0 unspecified atom stereocenters. The van der Waals surface area contributed by atoms with Gasteiger partial charge in [0.25, 0.3) is 0 Å². The quantitative estimate of drug-likeness (QED) is 0.223. The lowest BCUT2D eigenvalue weighted by Crippen LogP contribution is -2.07. The van der Waals surface area contributed by atoms with E-state index in [-0.39, 0.29) is 0 Å². The highest BCUT2D eigenvalue weighted by atomic mass is 79.9. The van der Waals surface area contributed by atoms with Crippen LogP contribution in [0.25, 0.3) is 0 Å². The van der Waals surface area contributed by atoms with E-state index < -0.39 is 11.9 Å². The summed E-state index contributed by atoms with van der Waals surface area (Å²) >= 11 is 3.30. The Bertz CT molecular complexity index is 523. The molecular weight excluding hydrogens is 372 g/mol. The molecule has 1 aromatic rings. The molecule has 0 fully saturated rings. The third kappa shape index (κ3) is 10.2. The van der Waals surface area contributed by atoms with Gasteiger partial charge in [-0.1, -0.05) is 61.4 Å². The van der Waals surface area contributed by atoms with Crippen molar-refractivity contribution in [2.75, 3.05) is 6.61 Å². The second kappa shape index (κ2) is 12.8. The predicted octanol–water partition coefficient (Wildman–Crippen LogP) is 5.20. The Morgan fingerprint density at radius 1 is 0.917 bits per heavy atom. The van der Waals surface area contributed by atoms with Crippen molar-refractivity contribution in [3.05, 3.63) is 40.9 Å². The molecule has 24 heavy (non-hydrogen) atoms. The van der Waals surface area contributed by atoms with Crippen LogP contribution in [-0.4, -0.2) is 18.5 Å². The lowest BCUT2D eigenvalue weighted by Gasteiger charge is -2.03. The average molecular weight is 397 g/mol. The van der Waals surface area contributed by atoms with Gasteiger partial charge in [0.15, 0.2) is 0 Å². The predicted molar refractivity (Wildman–Crippen MR) is 97.9 cm³/mol. The van der Waals surface area contributed by atoms with Gasteiger partial charge in [-0.25, -0.2) is 9.59 Å². The van der Waals surface area contributed by atoms with E-state index in [0.717, 1.165) is 29.5 Å². The van der Waals surface area contributed by atoms with E-state index in [1.807, 2.05) is 0 Å². The van der Waals surface area contributed by atoms with Crippen LogP contribution in [0.2, 0.25) is 0 Å². The van der Waals surface area contributed by atoms with Crippen LogP contribution in [-0.2, 0) is 14.3 Å². The van der Waals surface area contributed by atoms with Crippen LogP contribution < -0.4 is 4.74 Å². The van der Waals surface area contributed by atoms with Crippen LogP contribution in [0.4, 0.5) is 0 Å². The van der Waals surface area contributed by atoms with Crippen LogP contribution in [0.1, 0.15) is 51.9 Å². The molecule has 0 aliphatic carbocycles. The second-order valence-corrected chi connectivity index (χ2v) is 6.41. The molecule has 132 valence electrons. The Morgan fingerprint density at radius 2 is 1.50 bits per heavy atom. The van der Waals surface area contributed by atoms with E-state index in [0.29, 0.717) is 12.4 Å². The number of esters is 2. The molecule has 0 N–H and O–H groups in total. The highest BCUT2D eigenvalue weighted by Gasteiger charge is 2.03. The Kier molecular flexibility index (Phi) is 10.9. The summed E-state index contributed by atoms with van der Waals surface area (Å²) in [6, 6.07) is 6.86. The maximum Gasteiger partial charge on any atom is 0.336 e. The third-order valence-corrected chi connectivity index (χ3v) is 3.91. The zero-order chi connectivity index (χ0) is 17.6. The largest absolute Gasteiger partial charge is 0.463 e. The second-order valence-electron chi connectivity index (χ2n) is 5.50. The Hall–Kier alpha value is -1.62. The summed E-state index contributed by atoms with van der Waals surface area (Å²) in [5.74, 6) is -0.705. The fourth-order valence-electron chi connectivity index (χ4n) is 2.07. The lowest BCUT2D eigenvalue weighted by atomic mass is 10.1. The maximum absolute atomic E-state index is 11.6. The van der Waals surface area contributed by atoms with Crippen molar-refractivity contribution < 1.29 is 19.1 Å². The van der Waals surface area contributed by atoms with E-state index >= 15 is 0 Å². The number of hydrogen-bond donors (Lipinski definition) is 0. The minimum Gasteiger partial charge on any atom is -0.463 e. The highest BCUT2D eigenvalue weighted by molar-refractivity contribution is 9.10. The summed E-state index contributed by atoms with van der Waals surface area (Å²) in [5, 5.41) is 0. The van der Waals surface area contributed by atoms with Crippen molar-refractivity contribution in [3.63, 3.8) is 0 Å². The molecule has 0 amide bonds. The molecule has 0 bridgehead atoms. The molecular formula is C19H25BrO4. The molecule has 0 atom stereocenters. The van der Waals surface area contributed by atoms with Crippen molar-refractivity contribution in [1.82, 2.24) is 0 Å². The summed E-state index contributed by atoms with van der Waals surface area (Å²) in [5.41, 5.74) is 0. The summed E-state index contributed by atoms with van der Waals surface area (Å²) in [4.78, 5) is 23.1. The first-order valence-corrected chi connectivity index (χ1v) is 9.23. The van der Waals surface area contributed by atoms with E-state index in [2.05, 4.69) is 22.9 Å². The van der Waals surface area contributed by atoms with Gasteiger partial charge >= 0.3 is 11.9 Å². The van der Waals surface area contributed by atoms with Gasteiger partial charge in [0, 0.05) is 16.6 Å². The lowest BCUT2D eigenvalue weighted by molar-refractivity contribution is -0.138. The molecule has 1 aromatic carbocycles. The smallest absolute Gasteiger partial charge is 0.336 e. The first-order valence-electron chi connectivity index (χ1n) is 8.44. The molecule has 0 saturated carbocycles. The van der Waals surface area contributed by atoms with Crippen molar-refractivity contribution in [3.8, 4) is 5.75 Å². The van der Waals surface area contributed by atoms with E-state index in [1.165, 1.54) is 32.1 Å². The standard InChI is InChI=1S/C19H25BrO4/c1-2-3-4-5-6-7-8-15-23-18(21)13-14-19(22)24-17-11-9-16(20)10-12-17/h9-14H,2-8,15H2,1H3/b14-13+. The zero-order valence-corrected chi connectivity index (χ0v) is 15.7. The first kappa shape index (κ1) is 20.4. The van der Waals surface area contributed by atoms with Gasteiger partial charge in [0.2, 0.25) is 0 Å². The summed E-state index contributed by atoms with van der Waals surface area (Å²) < 4.78 is 11.0. The number of rotatable bonds is 11. The number of hydrogen-bond acceptors (Lipinski definition) is 4. The number of halogens is 1. The maximum atomic E-state index is 11.6. The molecule has 0 heterocycles. The minimum absolute atomic E-state index is 0.388. The Morgan fingerprint density at radius 3 is 2.17 bits per heavy atom. The fraction of sp³-hybridized carbons (Fsp3) is 0.474. The van der Waals surface area contributed by atoms with Gasteiger partial charge < -0.3 is 9.47 Å². The van der Waals surface area contributed by atoms with Crippen LogP contribution in [0, 0.1) is 0 Å². The topological polar surface area (TPSA) is 52.6 Å². The summed E-state index contributed by atoms with van der Waals surface area (Å²) in [7, 11) is 0. The fourth-order valence-corrected chi connectivity index (χ4v) is 2.33. The molecule has 4 nitrogen and oxygen atoms in total. The van der Waals surface area contributed by atoms with Crippen molar-refractivity contribution in [1.29, 1.82) is 0 Å². The van der Waals surface area contributed by atoms with Crippen LogP contribution in [0.15, 0.2) is 40.9 Å². The highest BCUT2D eigenvalue weighted by Crippen LogP contribution is 2.16. The van der Waals surface area contributed by atoms with Crippen LogP contribution >= 0.6 is 15.9 Å². The number of ether oxygens (including phenoxy) is 2. The monoisotopic (exact) mass is 396 g/mol. The van der Waals surface area contributed by atoms with Crippen molar-refractivity contribution in [2.45, 2.75) is 51.9 Å². The van der Waals surface area contributed by atoms with Gasteiger partial charge in [-0.05, 0) is 30.7 Å². The minimum atomic E-state index is -0.606. The molecule has 0 aliphatic heterocycles. The van der Waals surface area contributed by atoms with Gasteiger partial charge in [0.05, 0.1) is 6.61 Å². The third-order valence-electron chi connectivity index (χ3n) is 3.38. The molecule has 0 radical (unpaired) electrons. The molecule has 1 rings (SSSR count). The van der Waals surface area contributed by atoms with E-state index in [9.17, 15) is 9.59 Å². The molecule has 0 aliphatic rings. The molecule has 0 spiro atoms. The van der Waals surface area contributed by atoms with Crippen molar-refractivity contribution >= 4 is 27.9 Å². The number of carbonyl (C=O) groups excluding carboxylic acids is 2. The SMILES string of the molecule is CCCCCCCCCOC(=O)/C=C/C(=O)Oc1ccc(Br)cc1. The number of benzene rings is 1. The summed E-state index contributed by atoms with van der Waals surface area (Å²) in [6.45, 7) is 2.58. The average Bonchev–Trinajstić information content (AvgIpc) is 2.57. The number of unbranched alkanes of at least 4 members (excludes halogenated alkanes) is 6. The van der Waals surface area contributed by atoms with Gasteiger partial charge in [-0.2, -0.15) is 0 Å². The van der Waals surface area contributed by atoms with Crippen LogP contribution in [0.3, 0.4) is 0 Å². The van der Waals surface area contributed by atoms with E-state index in [4.69, 9.17) is 9.47 Å². The van der Waals surface area contributed by atoms with Crippen molar-refractivity contribution in [2.24, 2.45) is 0 Å². The Balaban J connectivity index is 2.12. The van der Waals surface area contributed by atoms with Gasteiger partial charge in [-0.3, -0.25) is 0 Å². The first-order chi connectivity index (χ1) is 11.6. The van der Waals surface area contributed by atoms with Gasteiger partial charge in [0.1, 0.15) is 5.75 Å². The molecule has 5 heteroatoms. The Labute approximate surface area is 152 Å². The zero-order valence-electron chi connectivity index (χ0n) is 14.1. The van der Waals surface area contributed by atoms with Gasteiger partial charge in [-0.15, -0.1) is 0 Å². The molecule has 0 saturated heterocycles.